The second kappa shape index (κ2) is 20.2. The predicted octanol–water partition coefficient (Wildman–Crippen LogP) is 7.84. The second-order valence-corrected chi connectivity index (χ2v) is 14.8. The summed E-state index contributed by atoms with van der Waals surface area (Å²) in [4.78, 5) is 27.0. The lowest BCUT2D eigenvalue weighted by molar-refractivity contribution is -0.253. The van der Waals surface area contributed by atoms with Crippen LogP contribution in [0.5, 0.6) is 0 Å². The summed E-state index contributed by atoms with van der Waals surface area (Å²) >= 11 is 0. The third-order valence-corrected chi connectivity index (χ3v) is 10.6. The van der Waals surface area contributed by atoms with Gasteiger partial charge in [-0.25, -0.2) is 0 Å². The smallest absolute Gasteiger partial charge is 0.224 e. The van der Waals surface area contributed by atoms with E-state index in [4.69, 9.17) is 15.2 Å². The SMILES string of the molecule is C[C@H]([C@@H](O)c1ccccc1)N(C)C[C@@H]1C[C@H](c2ccc(CO)cc2)O[C@H](c2ccc(-c3cccc(CNC(=O)CCCCC(=O)Nc4ccccc4N)c3)cc2)O1. The van der Waals surface area contributed by atoms with E-state index in [0.717, 1.165) is 38.9 Å². The summed E-state index contributed by atoms with van der Waals surface area (Å²) in [5.41, 5.74) is 13.7. The lowest BCUT2D eigenvalue weighted by Gasteiger charge is -2.39. The zero-order chi connectivity index (χ0) is 40.1. The molecule has 2 amide bonds. The van der Waals surface area contributed by atoms with Crippen LogP contribution in [0.4, 0.5) is 11.4 Å². The Kier molecular flexibility index (Phi) is 14.6. The number of nitrogens with zero attached hydrogens (tertiary/aromatic N) is 1. The number of para-hydroxylation sites is 2. The zero-order valence-corrected chi connectivity index (χ0v) is 32.7. The highest BCUT2D eigenvalue weighted by atomic mass is 16.7. The molecule has 5 aromatic rings. The van der Waals surface area contributed by atoms with Crippen LogP contribution in [-0.2, 0) is 32.2 Å². The van der Waals surface area contributed by atoms with E-state index < -0.39 is 12.4 Å². The molecule has 1 heterocycles. The molecule has 0 unspecified atom stereocenters. The van der Waals surface area contributed by atoms with Crippen LogP contribution >= 0.6 is 0 Å². The molecule has 1 saturated heterocycles. The van der Waals surface area contributed by atoms with E-state index in [9.17, 15) is 19.8 Å². The van der Waals surface area contributed by atoms with Gasteiger partial charge in [0.15, 0.2) is 6.29 Å². The number of carbonyl (C=O) groups is 2. The number of nitrogen functional groups attached to an aromatic ring is 1. The number of hydrogen-bond donors (Lipinski definition) is 5. The predicted molar refractivity (Wildman–Crippen MR) is 224 cm³/mol. The molecule has 0 radical (unpaired) electrons. The van der Waals surface area contributed by atoms with Crippen LogP contribution in [0.2, 0.25) is 0 Å². The summed E-state index contributed by atoms with van der Waals surface area (Å²) in [6.45, 7) is 3.00. The molecule has 10 heteroatoms. The van der Waals surface area contributed by atoms with Crippen molar-refractivity contribution in [1.82, 2.24) is 10.2 Å². The topological polar surface area (TPSA) is 146 Å². The highest BCUT2D eigenvalue weighted by Crippen LogP contribution is 2.39. The molecule has 1 fully saturated rings. The molecular weight excluding hydrogens is 717 g/mol. The first kappa shape index (κ1) is 41.3. The summed E-state index contributed by atoms with van der Waals surface area (Å²) < 4.78 is 13.2. The highest BCUT2D eigenvalue weighted by molar-refractivity contribution is 5.93. The number of benzene rings is 5. The third kappa shape index (κ3) is 11.6. The van der Waals surface area contributed by atoms with Gasteiger partial charge in [-0.2, -0.15) is 0 Å². The normalized spacial score (nSPS) is 17.8. The average molecular weight is 771 g/mol. The van der Waals surface area contributed by atoms with Crippen molar-refractivity contribution in [3.8, 4) is 11.1 Å². The van der Waals surface area contributed by atoms with E-state index in [-0.39, 0.29) is 36.7 Å². The van der Waals surface area contributed by atoms with Crippen LogP contribution in [0.25, 0.3) is 11.1 Å². The number of ether oxygens (including phenoxy) is 2. The fourth-order valence-corrected chi connectivity index (χ4v) is 7.07. The number of carbonyl (C=O) groups excluding carboxylic acids is 2. The zero-order valence-electron chi connectivity index (χ0n) is 32.7. The Bertz CT molecular complexity index is 2040. The molecule has 6 N–H and O–H groups in total. The number of rotatable bonds is 17. The number of hydrogen-bond acceptors (Lipinski definition) is 8. The Morgan fingerprint density at radius 1 is 0.789 bits per heavy atom. The standard InChI is InChI=1S/C47H54N4O6/c1-32(46(55)37-12-4-3-5-13-37)51(2)30-40-28-43(36-21-19-33(31-52)20-22-36)57-47(56-40)38-25-23-35(24-26-38)39-14-10-11-34(27-39)29-49-44(53)17-8-9-18-45(54)50-42-16-7-6-15-41(42)48/h3-7,10-16,19-27,32,40,43,46-47,52,55H,8-9,17-18,28-31,48H2,1-2H3,(H,49,53)(H,50,54)/t32-,40+,43-,46-,47-/m1/s1. The number of anilines is 2. The Balaban J connectivity index is 1.04. The van der Waals surface area contributed by atoms with Gasteiger partial charge in [-0.1, -0.05) is 109 Å². The maximum atomic E-state index is 12.6. The summed E-state index contributed by atoms with van der Waals surface area (Å²) in [5, 5.41) is 26.6. The fraction of sp³-hybridized carbons (Fsp3) is 0.319. The molecule has 10 nitrogen and oxygen atoms in total. The van der Waals surface area contributed by atoms with E-state index in [1.54, 1.807) is 12.1 Å². The minimum Gasteiger partial charge on any atom is -0.397 e. The largest absolute Gasteiger partial charge is 0.397 e. The minimum atomic E-state index is -0.645. The summed E-state index contributed by atoms with van der Waals surface area (Å²) in [7, 11) is 2.01. The average Bonchev–Trinajstić information content (AvgIpc) is 3.25. The maximum absolute atomic E-state index is 12.6. The molecular formula is C47H54N4O6. The lowest BCUT2D eigenvalue weighted by Crippen LogP contribution is -2.43. The molecule has 0 bridgehead atoms. The Morgan fingerprint density at radius 3 is 2.19 bits per heavy atom. The van der Waals surface area contributed by atoms with Crippen molar-refractivity contribution in [2.24, 2.45) is 0 Å². The van der Waals surface area contributed by atoms with Crippen molar-refractivity contribution >= 4 is 23.2 Å². The lowest BCUT2D eigenvalue weighted by atomic mass is 9.98. The molecule has 0 spiro atoms. The molecule has 57 heavy (non-hydrogen) atoms. The number of likely N-dealkylation sites (N-methyl/N-ethyl adjacent to an activating group) is 1. The Hall–Kier alpha value is -5.36. The van der Waals surface area contributed by atoms with E-state index in [2.05, 4.69) is 33.7 Å². The maximum Gasteiger partial charge on any atom is 0.224 e. The van der Waals surface area contributed by atoms with Gasteiger partial charge in [0.1, 0.15) is 0 Å². The quantitative estimate of drug-likeness (QED) is 0.0475. The van der Waals surface area contributed by atoms with Crippen LogP contribution in [-0.4, -0.2) is 52.7 Å². The van der Waals surface area contributed by atoms with Gasteiger partial charge in [0, 0.05) is 44.0 Å². The molecule has 1 aliphatic rings. The van der Waals surface area contributed by atoms with Crippen molar-refractivity contribution < 1.29 is 29.3 Å². The molecule has 0 aromatic heterocycles. The van der Waals surface area contributed by atoms with Gasteiger partial charge in [0.2, 0.25) is 11.8 Å². The van der Waals surface area contributed by atoms with Gasteiger partial charge in [0.05, 0.1) is 36.3 Å². The van der Waals surface area contributed by atoms with Gasteiger partial charge in [-0.15, -0.1) is 0 Å². The molecule has 298 valence electrons. The Labute approximate surface area is 335 Å². The van der Waals surface area contributed by atoms with Crippen molar-refractivity contribution in [2.45, 2.75) is 82.8 Å². The van der Waals surface area contributed by atoms with Gasteiger partial charge in [0.25, 0.3) is 0 Å². The van der Waals surface area contributed by atoms with Gasteiger partial charge >= 0.3 is 0 Å². The molecule has 5 aromatic carbocycles. The summed E-state index contributed by atoms with van der Waals surface area (Å²) in [6, 6.07) is 40.8. The molecule has 5 atom stereocenters. The first-order valence-electron chi connectivity index (χ1n) is 19.7. The molecule has 1 aliphatic heterocycles. The van der Waals surface area contributed by atoms with E-state index in [1.165, 1.54) is 0 Å². The Morgan fingerprint density at radius 2 is 1.47 bits per heavy atom. The van der Waals surface area contributed by atoms with E-state index in [0.29, 0.717) is 56.6 Å². The van der Waals surface area contributed by atoms with Crippen LogP contribution in [0.15, 0.2) is 127 Å². The first-order chi connectivity index (χ1) is 27.7. The monoisotopic (exact) mass is 770 g/mol. The molecule has 6 rings (SSSR count). The van der Waals surface area contributed by atoms with Crippen molar-refractivity contribution in [3.63, 3.8) is 0 Å². The third-order valence-electron chi connectivity index (χ3n) is 10.6. The van der Waals surface area contributed by atoms with Crippen LogP contribution < -0.4 is 16.4 Å². The number of nitrogens with two attached hydrogens (primary N) is 1. The molecule has 0 saturated carbocycles. The number of aliphatic hydroxyl groups is 2. The fourth-order valence-electron chi connectivity index (χ4n) is 7.07. The van der Waals surface area contributed by atoms with Crippen LogP contribution in [0.1, 0.15) is 85.3 Å². The summed E-state index contributed by atoms with van der Waals surface area (Å²) in [5.74, 6) is -0.177. The van der Waals surface area contributed by atoms with Crippen molar-refractivity contribution in [3.05, 3.63) is 155 Å². The molecule has 0 aliphatic carbocycles. The first-order valence-corrected chi connectivity index (χ1v) is 19.7. The second-order valence-electron chi connectivity index (χ2n) is 14.8. The van der Waals surface area contributed by atoms with Crippen LogP contribution in [0, 0.1) is 0 Å². The van der Waals surface area contributed by atoms with Crippen LogP contribution in [0.3, 0.4) is 0 Å². The number of unbranched alkanes of at least 4 members (excludes halogenated alkanes) is 1. The number of amides is 2. The number of nitrogens with one attached hydrogen (secondary N) is 2. The number of aliphatic hydroxyl groups excluding tert-OH is 2. The van der Waals surface area contributed by atoms with E-state index >= 15 is 0 Å². The van der Waals surface area contributed by atoms with Gasteiger partial charge in [-0.3, -0.25) is 14.5 Å². The summed E-state index contributed by atoms with van der Waals surface area (Å²) in [6.07, 6.45) is 0.846. The van der Waals surface area contributed by atoms with Crippen molar-refractivity contribution in [2.75, 3.05) is 24.6 Å². The van der Waals surface area contributed by atoms with Gasteiger partial charge < -0.3 is 36.1 Å². The van der Waals surface area contributed by atoms with Crippen molar-refractivity contribution in [1.29, 1.82) is 0 Å². The van der Waals surface area contributed by atoms with E-state index in [1.807, 2.05) is 111 Å². The highest BCUT2D eigenvalue weighted by Gasteiger charge is 2.34. The van der Waals surface area contributed by atoms with Gasteiger partial charge in [-0.05, 0) is 78.4 Å². The minimum absolute atomic E-state index is 0.0218.